The Labute approximate surface area is 128 Å². The normalized spacial score (nSPS) is 19.0. The van der Waals surface area contributed by atoms with Gasteiger partial charge in [0.2, 0.25) is 0 Å². The summed E-state index contributed by atoms with van der Waals surface area (Å²) in [6, 6.07) is 0.560. The van der Waals surface area contributed by atoms with Crippen molar-refractivity contribution in [3.8, 4) is 0 Å². The average Bonchev–Trinajstić information content (AvgIpc) is 2.67. The van der Waals surface area contributed by atoms with Crippen molar-refractivity contribution < 1.29 is 0 Å². The van der Waals surface area contributed by atoms with Gasteiger partial charge in [0.1, 0.15) is 0 Å². The highest BCUT2D eigenvalue weighted by Crippen LogP contribution is 2.26. The summed E-state index contributed by atoms with van der Waals surface area (Å²) < 4.78 is 2.02. The molecule has 0 aliphatic heterocycles. The van der Waals surface area contributed by atoms with E-state index in [1.54, 1.807) is 0 Å². The molecule has 3 nitrogen and oxygen atoms in total. The van der Waals surface area contributed by atoms with Crippen molar-refractivity contribution in [2.45, 2.75) is 78.4 Å². The minimum Gasteiger partial charge on any atom is -0.308 e. The van der Waals surface area contributed by atoms with Crippen LogP contribution in [0, 0.1) is 12.8 Å². The van der Waals surface area contributed by atoms with Crippen LogP contribution in [-0.4, -0.2) is 15.8 Å². The van der Waals surface area contributed by atoms with E-state index in [4.69, 9.17) is 11.6 Å². The fourth-order valence-electron chi connectivity index (χ4n) is 3.27. The maximum Gasteiger partial charge on any atom is 0.0860 e. The summed E-state index contributed by atoms with van der Waals surface area (Å²) in [7, 11) is 0. The van der Waals surface area contributed by atoms with Gasteiger partial charge in [0.05, 0.1) is 16.4 Å². The Bertz CT molecular complexity index is 420. The Morgan fingerprint density at radius 1 is 1.30 bits per heavy atom. The second-order valence-electron chi connectivity index (χ2n) is 6.08. The lowest BCUT2D eigenvalue weighted by molar-refractivity contribution is 0.333. The van der Waals surface area contributed by atoms with Crippen LogP contribution >= 0.6 is 11.6 Å². The molecule has 0 unspecified atom stereocenters. The van der Waals surface area contributed by atoms with Gasteiger partial charge in [-0.1, -0.05) is 37.3 Å². The van der Waals surface area contributed by atoms with Gasteiger partial charge >= 0.3 is 0 Å². The topological polar surface area (TPSA) is 29.9 Å². The molecule has 0 saturated heterocycles. The molecule has 1 aromatic rings. The quantitative estimate of drug-likeness (QED) is 0.821. The first-order chi connectivity index (χ1) is 9.63. The van der Waals surface area contributed by atoms with Crippen molar-refractivity contribution in [3.05, 3.63) is 16.4 Å². The van der Waals surface area contributed by atoms with E-state index in [0.29, 0.717) is 6.04 Å². The second kappa shape index (κ2) is 7.46. The molecule has 1 saturated carbocycles. The number of nitrogens with zero attached hydrogens (tertiary/aromatic N) is 2. The van der Waals surface area contributed by atoms with E-state index < -0.39 is 0 Å². The third-order valence-corrected chi connectivity index (χ3v) is 5.14. The molecule has 0 bridgehead atoms. The molecule has 1 aliphatic rings. The lowest BCUT2D eigenvalue weighted by Gasteiger charge is -2.24. The Hall–Kier alpha value is -0.540. The van der Waals surface area contributed by atoms with E-state index in [2.05, 4.69) is 24.3 Å². The fraction of sp³-hybridized carbons (Fsp3) is 0.812. The molecule has 0 amide bonds. The Morgan fingerprint density at radius 2 is 1.95 bits per heavy atom. The molecule has 1 fully saturated rings. The number of hydrogen-bond donors (Lipinski definition) is 1. The Kier molecular flexibility index (Phi) is 5.91. The van der Waals surface area contributed by atoms with Crippen molar-refractivity contribution in [2.75, 3.05) is 0 Å². The van der Waals surface area contributed by atoms with Crippen LogP contribution in [0.3, 0.4) is 0 Å². The lowest BCUT2D eigenvalue weighted by atomic mass is 9.93. The minimum atomic E-state index is 0.560. The highest BCUT2D eigenvalue weighted by molar-refractivity contribution is 6.31. The maximum atomic E-state index is 6.36. The molecule has 114 valence electrons. The van der Waals surface area contributed by atoms with Crippen molar-refractivity contribution in [3.63, 3.8) is 0 Å². The van der Waals surface area contributed by atoms with Gasteiger partial charge < -0.3 is 5.32 Å². The third kappa shape index (κ3) is 3.76. The number of rotatable bonds is 5. The van der Waals surface area contributed by atoms with Crippen molar-refractivity contribution in [1.82, 2.24) is 15.1 Å². The first-order valence-electron chi connectivity index (χ1n) is 8.08. The predicted octanol–water partition coefficient (Wildman–Crippen LogP) is 4.31. The van der Waals surface area contributed by atoms with Gasteiger partial charge in [0.25, 0.3) is 0 Å². The molecule has 1 heterocycles. The summed E-state index contributed by atoms with van der Waals surface area (Å²) in [6.07, 6.45) is 8.35. The summed E-state index contributed by atoms with van der Waals surface area (Å²) in [5.74, 6) is 0.815. The van der Waals surface area contributed by atoms with Crippen molar-refractivity contribution >= 4 is 11.6 Å². The van der Waals surface area contributed by atoms with E-state index >= 15 is 0 Å². The molecule has 20 heavy (non-hydrogen) atoms. The maximum absolute atomic E-state index is 6.36. The van der Waals surface area contributed by atoms with Crippen LogP contribution < -0.4 is 5.32 Å². The first kappa shape index (κ1) is 15.8. The van der Waals surface area contributed by atoms with Crippen LogP contribution in [0.25, 0.3) is 0 Å². The summed E-state index contributed by atoms with van der Waals surface area (Å²) in [5.41, 5.74) is 2.07. The highest BCUT2D eigenvalue weighted by Gasteiger charge is 2.20. The smallest absolute Gasteiger partial charge is 0.0860 e. The van der Waals surface area contributed by atoms with E-state index in [-0.39, 0.29) is 0 Å². The predicted molar refractivity (Wildman–Crippen MR) is 85.1 cm³/mol. The average molecular weight is 298 g/mol. The zero-order valence-electron chi connectivity index (χ0n) is 13.1. The highest BCUT2D eigenvalue weighted by atomic mass is 35.5. The molecular weight excluding hydrogens is 270 g/mol. The summed E-state index contributed by atoms with van der Waals surface area (Å²) in [6.45, 7) is 8.12. The summed E-state index contributed by atoms with van der Waals surface area (Å²) in [4.78, 5) is 0. The van der Waals surface area contributed by atoms with Gasteiger partial charge in [-0.3, -0.25) is 4.68 Å². The van der Waals surface area contributed by atoms with Gasteiger partial charge in [-0.05, 0) is 39.5 Å². The summed E-state index contributed by atoms with van der Waals surface area (Å²) >= 11 is 6.36. The van der Waals surface area contributed by atoms with Gasteiger partial charge in [0, 0.05) is 19.1 Å². The molecule has 0 spiro atoms. The number of aromatic nitrogens is 2. The van der Waals surface area contributed by atoms with Gasteiger partial charge in [-0.25, -0.2) is 0 Å². The van der Waals surface area contributed by atoms with Crippen molar-refractivity contribution in [1.29, 1.82) is 0 Å². The van der Waals surface area contributed by atoms with Crippen LogP contribution in [0.4, 0.5) is 0 Å². The van der Waals surface area contributed by atoms with Crippen molar-refractivity contribution in [2.24, 2.45) is 5.92 Å². The van der Waals surface area contributed by atoms with Gasteiger partial charge in [0.15, 0.2) is 0 Å². The Balaban J connectivity index is 1.94. The van der Waals surface area contributed by atoms with Gasteiger partial charge in [-0.15, -0.1) is 0 Å². The molecule has 0 radical (unpaired) electrons. The number of hydrogen-bond acceptors (Lipinski definition) is 2. The van der Waals surface area contributed by atoms with E-state index in [9.17, 15) is 0 Å². The standard InChI is InChI=1S/C16H28ClN3/c1-4-20-15(16(17)13(3)19-20)11-18-12(2)14-9-7-5-6-8-10-14/h12,14,18H,4-11H2,1-3H3/t12-/m0/s1. The Morgan fingerprint density at radius 3 is 2.55 bits per heavy atom. The molecule has 2 rings (SSSR count). The first-order valence-corrected chi connectivity index (χ1v) is 8.46. The third-order valence-electron chi connectivity index (χ3n) is 4.65. The molecule has 1 N–H and O–H groups in total. The SMILES string of the molecule is CCn1nc(C)c(Cl)c1CN[C@@H](C)C1CCCCCC1. The van der Waals surface area contributed by atoms with Crippen LogP contribution in [0.5, 0.6) is 0 Å². The number of halogens is 1. The molecule has 4 heteroatoms. The number of nitrogens with one attached hydrogen (secondary N) is 1. The lowest BCUT2D eigenvalue weighted by Crippen LogP contribution is -2.33. The van der Waals surface area contributed by atoms with Crippen LogP contribution in [0.2, 0.25) is 5.02 Å². The van der Waals surface area contributed by atoms with E-state index in [1.807, 2.05) is 11.6 Å². The van der Waals surface area contributed by atoms with Crippen LogP contribution in [-0.2, 0) is 13.1 Å². The van der Waals surface area contributed by atoms with E-state index in [0.717, 1.165) is 35.4 Å². The number of aryl methyl sites for hydroxylation is 2. The van der Waals surface area contributed by atoms with Crippen LogP contribution in [0.15, 0.2) is 0 Å². The monoisotopic (exact) mass is 297 g/mol. The molecule has 0 aromatic carbocycles. The van der Waals surface area contributed by atoms with E-state index in [1.165, 1.54) is 38.5 Å². The minimum absolute atomic E-state index is 0.560. The molecule has 1 aromatic heterocycles. The summed E-state index contributed by atoms with van der Waals surface area (Å²) in [5, 5.41) is 8.99. The molecule has 1 aliphatic carbocycles. The zero-order valence-corrected chi connectivity index (χ0v) is 13.8. The fourth-order valence-corrected chi connectivity index (χ4v) is 3.48. The molecular formula is C16H28ClN3. The second-order valence-corrected chi connectivity index (χ2v) is 6.46. The van der Waals surface area contributed by atoms with Crippen LogP contribution in [0.1, 0.15) is 63.8 Å². The molecule has 1 atom stereocenters. The van der Waals surface area contributed by atoms with Gasteiger partial charge in [-0.2, -0.15) is 5.10 Å². The largest absolute Gasteiger partial charge is 0.308 e. The zero-order chi connectivity index (χ0) is 14.5.